The molecule has 0 aromatic heterocycles. The number of nitrogens with one attached hydrogen (secondary N) is 1. The number of hydrogen-bond donors (Lipinski definition) is 4. The van der Waals surface area contributed by atoms with Crippen molar-refractivity contribution in [3.63, 3.8) is 0 Å². The van der Waals surface area contributed by atoms with Crippen LogP contribution in [0.5, 0.6) is 0 Å². The molecular formula is C18H14F7N3O4. The van der Waals surface area contributed by atoms with Crippen molar-refractivity contribution < 1.29 is 50.5 Å². The maximum absolute atomic E-state index is 13.6. The highest BCUT2D eigenvalue weighted by Crippen LogP contribution is 2.24. The molecule has 5 N–H and O–H groups in total. The Morgan fingerprint density at radius 3 is 1.72 bits per heavy atom. The van der Waals surface area contributed by atoms with E-state index >= 15 is 0 Å². The van der Waals surface area contributed by atoms with Crippen LogP contribution >= 0.6 is 0 Å². The summed E-state index contributed by atoms with van der Waals surface area (Å²) in [6.45, 7) is 0.462. The van der Waals surface area contributed by atoms with Crippen LogP contribution in [0.1, 0.15) is 11.1 Å². The van der Waals surface area contributed by atoms with Gasteiger partial charge in [0.25, 0.3) is 0 Å². The van der Waals surface area contributed by atoms with Crippen LogP contribution < -0.4 is 11.1 Å². The number of nitriles is 1. The molecule has 0 aliphatic heterocycles. The second-order valence-corrected chi connectivity index (χ2v) is 5.41. The predicted octanol–water partition coefficient (Wildman–Crippen LogP) is 4.17. The van der Waals surface area contributed by atoms with Gasteiger partial charge in [0.2, 0.25) is 0 Å². The Kier molecular flexibility index (Phi) is 10.6. The summed E-state index contributed by atoms with van der Waals surface area (Å²) in [5.74, 6) is -5.96. The molecule has 7 nitrogen and oxygen atoms in total. The zero-order chi connectivity index (χ0) is 25.1. The van der Waals surface area contributed by atoms with Gasteiger partial charge in [-0.25, -0.2) is 14.0 Å². The van der Waals surface area contributed by atoms with Crippen LogP contribution in [0.2, 0.25) is 0 Å². The molecule has 0 unspecified atom stereocenters. The molecule has 2 aromatic carbocycles. The molecule has 0 heterocycles. The van der Waals surface area contributed by atoms with Gasteiger partial charge in [0.05, 0.1) is 11.3 Å². The van der Waals surface area contributed by atoms with Gasteiger partial charge in [-0.05, 0) is 29.8 Å². The van der Waals surface area contributed by atoms with Gasteiger partial charge in [0, 0.05) is 12.2 Å². The SMILES string of the molecule is N#Cc1cccc(F)c1Nc1ccc(CN)cc1.O=C(O)C(F)(F)F.O=C(O)C(F)(F)F. The lowest BCUT2D eigenvalue weighted by Gasteiger charge is -2.09. The number of anilines is 2. The lowest BCUT2D eigenvalue weighted by Crippen LogP contribution is -2.21. The van der Waals surface area contributed by atoms with Crippen molar-refractivity contribution in [3.8, 4) is 6.07 Å². The van der Waals surface area contributed by atoms with Crippen molar-refractivity contribution in [2.24, 2.45) is 5.73 Å². The maximum atomic E-state index is 13.6. The molecule has 2 aromatic rings. The van der Waals surface area contributed by atoms with E-state index in [9.17, 15) is 30.7 Å². The summed E-state index contributed by atoms with van der Waals surface area (Å²) in [6, 6.07) is 13.7. The molecule has 0 spiro atoms. The molecule has 174 valence electrons. The maximum Gasteiger partial charge on any atom is 0.490 e. The summed E-state index contributed by atoms with van der Waals surface area (Å²) in [5.41, 5.74) is 7.68. The third-order valence-corrected chi connectivity index (χ3v) is 3.08. The number of carbonyl (C=O) groups is 2. The fourth-order valence-corrected chi connectivity index (χ4v) is 1.61. The lowest BCUT2D eigenvalue weighted by molar-refractivity contribution is -0.193. The normalized spacial score (nSPS) is 10.5. The first-order valence-electron chi connectivity index (χ1n) is 7.98. The number of nitrogens with two attached hydrogens (primary N) is 1. The second kappa shape index (κ2) is 12.1. The first kappa shape index (κ1) is 28.1. The standard InChI is InChI=1S/C14H12FN3.2C2HF3O2/c15-13-3-1-2-11(9-17)14(13)18-12-6-4-10(8-16)5-7-12;2*3-2(4,5)1(6)7/h1-7,18H,8,16H2;2*(H,6,7). The van der Waals surface area contributed by atoms with Crippen LogP contribution in [0.3, 0.4) is 0 Å². The van der Waals surface area contributed by atoms with E-state index < -0.39 is 30.1 Å². The summed E-state index contributed by atoms with van der Waals surface area (Å²) in [4.78, 5) is 17.8. The number of halogens is 7. The summed E-state index contributed by atoms with van der Waals surface area (Å²) >= 11 is 0. The second-order valence-electron chi connectivity index (χ2n) is 5.41. The Balaban J connectivity index is 0.000000570. The van der Waals surface area contributed by atoms with Gasteiger partial charge in [-0.3, -0.25) is 0 Å². The van der Waals surface area contributed by atoms with Gasteiger partial charge in [0.15, 0.2) is 0 Å². The monoisotopic (exact) mass is 469 g/mol. The van der Waals surface area contributed by atoms with E-state index in [1.165, 1.54) is 12.1 Å². The van der Waals surface area contributed by atoms with Crippen LogP contribution in [0.15, 0.2) is 42.5 Å². The molecule has 0 radical (unpaired) electrons. The highest BCUT2D eigenvalue weighted by atomic mass is 19.4. The molecule has 0 aliphatic carbocycles. The minimum atomic E-state index is -5.08. The highest BCUT2D eigenvalue weighted by molar-refractivity contribution is 5.73. The minimum absolute atomic E-state index is 0.195. The first-order chi connectivity index (χ1) is 14.6. The molecule has 0 saturated carbocycles. The number of nitrogens with zero attached hydrogens (tertiary/aromatic N) is 1. The van der Waals surface area contributed by atoms with Crippen LogP contribution in [0.4, 0.5) is 42.1 Å². The van der Waals surface area contributed by atoms with Gasteiger partial charge in [-0.15, -0.1) is 0 Å². The van der Waals surface area contributed by atoms with Crippen molar-refractivity contribution in [2.75, 3.05) is 5.32 Å². The molecule has 0 aliphatic rings. The molecule has 2 rings (SSSR count). The number of aliphatic carboxylic acids is 2. The molecule has 0 bridgehead atoms. The Morgan fingerprint density at radius 2 is 1.38 bits per heavy atom. The fourth-order valence-electron chi connectivity index (χ4n) is 1.61. The summed E-state index contributed by atoms with van der Waals surface area (Å²) in [5, 5.41) is 26.1. The lowest BCUT2D eigenvalue weighted by atomic mass is 10.1. The van der Waals surface area contributed by atoms with E-state index in [2.05, 4.69) is 5.32 Å². The van der Waals surface area contributed by atoms with Crippen molar-refractivity contribution in [1.29, 1.82) is 5.26 Å². The van der Waals surface area contributed by atoms with Crippen LogP contribution in [0, 0.1) is 17.1 Å². The fraction of sp³-hybridized carbons (Fsp3) is 0.167. The van der Waals surface area contributed by atoms with Crippen molar-refractivity contribution in [2.45, 2.75) is 18.9 Å². The van der Waals surface area contributed by atoms with Crippen LogP contribution in [-0.2, 0) is 16.1 Å². The average Bonchev–Trinajstić information content (AvgIpc) is 2.69. The number of carboxylic acid groups (broad SMARTS) is 2. The van der Waals surface area contributed by atoms with Gasteiger partial charge < -0.3 is 21.3 Å². The molecular weight excluding hydrogens is 455 g/mol. The first-order valence-corrected chi connectivity index (χ1v) is 7.98. The zero-order valence-electron chi connectivity index (χ0n) is 15.6. The predicted molar refractivity (Wildman–Crippen MR) is 96.1 cm³/mol. The van der Waals surface area contributed by atoms with Crippen LogP contribution in [0.25, 0.3) is 0 Å². The van der Waals surface area contributed by atoms with E-state index in [1.807, 2.05) is 18.2 Å². The number of rotatable bonds is 3. The number of alkyl halides is 6. The molecule has 0 fully saturated rings. The van der Waals surface area contributed by atoms with E-state index in [1.54, 1.807) is 18.2 Å². The number of carboxylic acids is 2. The third kappa shape index (κ3) is 10.3. The molecule has 32 heavy (non-hydrogen) atoms. The molecule has 0 amide bonds. The third-order valence-electron chi connectivity index (χ3n) is 3.08. The Morgan fingerprint density at radius 1 is 0.938 bits per heavy atom. The Labute approximate surface area is 175 Å². The average molecular weight is 469 g/mol. The Hall–Kier alpha value is -3.86. The van der Waals surface area contributed by atoms with Gasteiger partial charge >= 0.3 is 24.3 Å². The number of hydrogen-bond acceptors (Lipinski definition) is 5. The smallest absolute Gasteiger partial charge is 0.475 e. The van der Waals surface area contributed by atoms with E-state index in [4.69, 9.17) is 30.8 Å². The molecule has 14 heteroatoms. The topological polar surface area (TPSA) is 136 Å². The minimum Gasteiger partial charge on any atom is -0.475 e. The molecule has 0 saturated heterocycles. The van der Waals surface area contributed by atoms with Crippen molar-refractivity contribution >= 4 is 23.3 Å². The van der Waals surface area contributed by atoms with E-state index in [-0.39, 0.29) is 11.3 Å². The highest BCUT2D eigenvalue weighted by Gasteiger charge is 2.38. The quantitative estimate of drug-likeness (QED) is 0.496. The van der Waals surface area contributed by atoms with Crippen molar-refractivity contribution in [1.82, 2.24) is 0 Å². The van der Waals surface area contributed by atoms with E-state index in [0.717, 1.165) is 5.56 Å². The summed E-state index contributed by atoms with van der Waals surface area (Å²) in [6.07, 6.45) is -10.2. The summed E-state index contributed by atoms with van der Waals surface area (Å²) in [7, 11) is 0. The van der Waals surface area contributed by atoms with E-state index in [0.29, 0.717) is 12.2 Å². The van der Waals surface area contributed by atoms with Crippen LogP contribution in [-0.4, -0.2) is 34.5 Å². The summed E-state index contributed by atoms with van der Waals surface area (Å²) < 4.78 is 77.1. The number of benzene rings is 2. The van der Waals surface area contributed by atoms with Gasteiger partial charge in [-0.2, -0.15) is 31.6 Å². The molecule has 0 atom stereocenters. The largest absolute Gasteiger partial charge is 0.490 e. The Bertz CT molecular complexity index is 929. The van der Waals surface area contributed by atoms with Gasteiger partial charge in [-0.1, -0.05) is 18.2 Å². The van der Waals surface area contributed by atoms with Crippen molar-refractivity contribution in [3.05, 3.63) is 59.4 Å². The van der Waals surface area contributed by atoms with Gasteiger partial charge in [0.1, 0.15) is 11.9 Å². The number of para-hydroxylation sites is 1. The zero-order valence-corrected chi connectivity index (χ0v) is 15.6.